The summed E-state index contributed by atoms with van der Waals surface area (Å²) in [4.78, 5) is 24.8. The van der Waals surface area contributed by atoms with Gasteiger partial charge in [0.05, 0.1) is 41.1 Å². The van der Waals surface area contributed by atoms with Crippen LogP contribution in [0.5, 0.6) is 5.75 Å². The number of sulfonamides is 1. The van der Waals surface area contributed by atoms with Gasteiger partial charge in [-0.05, 0) is 49.4 Å². The van der Waals surface area contributed by atoms with Crippen molar-refractivity contribution in [2.75, 3.05) is 30.4 Å². The van der Waals surface area contributed by atoms with Crippen molar-refractivity contribution < 1.29 is 27.5 Å². The number of methoxy groups -OCH3 is 2. The summed E-state index contributed by atoms with van der Waals surface area (Å²) in [7, 11) is -1.42. The van der Waals surface area contributed by atoms with Crippen LogP contribution in [0.15, 0.2) is 71.6 Å². The smallest absolute Gasteiger partial charge is 0.337 e. The highest BCUT2D eigenvalue weighted by molar-refractivity contribution is 7.92. The van der Waals surface area contributed by atoms with Gasteiger partial charge in [0.1, 0.15) is 12.3 Å². The highest BCUT2D eigenvalue weighted by Crippen LogP contribution is 2.28. The van der Waals surface area contributed by atoms with E-state index in [4.69, 9.17) is 16.3 Å². The number of benzene rings is 3. The van der Waals surface area contributed by atoms with Crippen LogP contribution in [-0.2, 0) is 19.6 Å². The van der Waals surface area contributed by atoms with Crippen molar-refractivity contribution in [2.24, 2.45) is 0 Å². The van der Waals surface area contributed by atoms with Gasteiger partial charge in [0.25, 0.3) is 10.0 Å². The van der Waals surface area contributed by atoms with Crippen molar-refractivity contribution in [3.05, 3.63) is 82.9 Å². The molecule has 10 heteroatoms. The third-order valence-electron chi connectivity index (χ3n) is 4.90. The van der Waals surface area contributed by atoms with Gasteiger partial charge >= 0.3 is 5.97 Å². The van der Waals surface area contributed by atoms with Gasteiger partial charge in [-0.3, -0.25) is 9.10 Å². The largest absolute Gasteiger partial charge is 0.497 e. The van der Waals surface area contributed by atoms with E-state index in [0.717, 1.165) is 9.87 Å². The van der Waals surface area contributed by atoms with Gasteiger partial charge in [0, 0.05) is 6.07 Å². The minimum atomic E-state index is -4.11. The first-order valence-electron chi connectivity index (χ1n) is 10.1. The monoisotopic (exact) mass is 502 g/mol. The highest BCUT2D eigenvalue weighted by Gasteiger charge is 2.28. The second-order valence-electron chi connectivity index (χ2n) is 7.26. The summed E-state index contributed by atoms with van der Waals surface area (Å²) >= 11 is 6.17. The lowest BCUT2D eigenvalue weighted by Crippen LogP contribution is -2.38. The Morgan fingerprint density at radius 2 is 1.71 bits per heavy atom. The average molecular weight is 503 g/mol. The molecule has 0 radical (unpaired) electrons. The normalized spacial score (nSPS) is 10.9. The molecule has 3 aromatic rings. The number of rotatable bonds is 8. The SMILES string of the molecule is COC(=O)c1ccc(Cl)c(NC(=O)CN(c2cccc(OC)c2)S(=O)(=O)c2ccc(C)cc2)c1. The number of hydrogen-bond acceptors (Lipinski definition) is 6. The van der Waals surface area contributed by atoms with Crippen molar-refractivity contribution in [3.63, 3.8) is 0 Å². The molecule has 0 saturated carbocycles. The molecule has 1 N–H and O–H groups in total. The molecule has 0 atom stereocenters. The maximum absolute atomic E-state index is 13.5. The standard InChI is InChI=1S/C24H23ClN2O6S/c1-16-7-10-20(11-8-16)34(30,31)27(18-5-4-6-19(14-18)32-2)15-23(28)26-22-13-17(24(29)33-3)9-12-21(22)25/h4-14H,15H2,1-3H3,(H,26,28). The van der Waals surface area contributed by atoms with Crippen LogP contribution in [0.1, 0.15) is 15.9 Å². The molecule has 3 rings (SSSR count). The molecular weight excluding hydrogens is 480 g/mol. The summed E-state index contributed by atoms with van der Waals surface area (Å²) < 4.78 is 37.9. The summed E-state index contributed by atoms with van der Waals surface area (Å²) in [5.74, 6) is -0.842. The predicted octanol–water partition coefficient (Wildman–Crippen LogP) is 4.28. The van der Waals surface area contributed by atoms with Gasteiger partial charge in [0.2, 0.25) is 5.91 Å². The van der Waals surface area contributed by atoms with E-state index in [2.05, 4.69) is 10.1 Å². The fraction of sp³-hybridized carbons (Fsp3) is 0.167. The summed E-state index contributed by atoms with van der Waals surface area (Å²) in [6, 6.07) is 16.9. The zero-order valence-electron chi connectivity index (χ0n) is 18.7. The van der Waals surface area contributed by atoms with E-state index < -0.39 is 28.4 Å². The van der Waals surface area contributed by atoms with Gasteiger partial charge in [-0.15, -0.1) is 0 Å². The third-order valence-corrected chi connectivity index (χ3v) is 7.02. The first-order chi connectivity index (χ1) is 16.1. The molecule has 0 unspecified atom stereocenters. The van der Waals surface area contributed by atoms with Crippen LogP contribution in [0.2, 0.25) is 5.02 Å². The third kappa shape index (κ3) is 5.67. The van der Waals surface area contributed by atoms with E-state index in [9.17, 15) is 18.0 Å². The van der Waals surface area contributed by atoms with E-state index in [1.165, 1.54) is 50.6 Å². The van der Waals surface area contributed by atoms with Gasteiger partial charge in [0.15, 0.2) is 0 Å². The molecular formula is C24H23ClN2O6S. The number of carbonyl (C=O) groups is 2. The first-order valence-corrected chi connectivity index (χ1v) is 11.9. The van der Waals surface area contributed by atoms with E-state index in [1.54, 1.807) is 30.3 Å². The van der Waals surface area contributed by atoms with Crippen LogP contribution in [0.25, 0.3) is 0 Å². The molecule has 0 aliphatic rings. The topological polar surface area (TPSA) is 102 Å². The minimum Gasteiger partial charge on any atom is -0.497 e. The number of nitrogens with one attached hydrogen (secondary N) is 1. The molecule has 34 heavy (non-hydrogen) atoms. The molecule has 0 spiro atoms. The van der Waals surface area contributed by atoms with Crippen LogP contribution >= 0.6 is 11.6 Å². The van der Waals surface area contributed by atoms with Crippen LogP contribution in [0.4, 0.5) is 11.4 Å². The van der Waals surface area contributed by atoms with Gasteiger partial charge in [-0.2, -0.15) is 0 Å². The number of halogens is 1. The fourth-order valence-electron chi connectivity index (χ4n) is 3.10. The van der Waals surface area contributed by atoms with Crippen molar-refractivity contribution in [3.8, 4) is 5.75 Å². The number of hydrogen-bond donors (Lipinski definition) is 1. The number of ether oxygens (including phenoxy) is 2. The second kappa shape index (κ2) is 10.6. The summed E-state index contributed by atoms with van der Waals surface area (Å²) in [6.07, 6.45) is 0. The first kappa shape index (κ1) is 25.1. The van der Waals surface area contributed by atoms with E-state index in [1.807, 2.05) is 6.92 Å². The lowest BCUT2D eigenvalue weighted by Gasteiger charge is -2.24. The summed E-state index contributed by atoms with van der Waals surface area (Å²) in [5, 5.41) is 2.75. The second-order valence-corrected chi connectivity index (χ2v) is 9.53. The van der Waals surface area contributed by atoms with E-state index >= 15 is 0 Å². The van der Waals surface area contributed by atoms with E-state index in [-0.39, 0.29) is 26.9 Å². The minimum absolute atomic E-state index is 0.0273. The number of nitrogens with zero attached hydrogens (tertiary/aromatic N) is 1. The number of esters is 1. The fourth-order valence-corrected chi connectivity index (χ4v) is 4.68. The molecule has 0 heterocycles. The Hall–Kier alpha value is -3.56. The van der Waals surface area contributed by atoms with Crippen LogP contribution < -0.4 is 14.4 Å². The van der Waals surface area contributed by atoms with Crippen LogP contribution in [0, 0.1) is 6.92 Å². The molecule has 178 valence electrons. The Morgan fingerprint density at radius 3 is 2.35 bits per heavy atom. The van der Waals surface area contributed by atoms with Crippen molar-refractivity contribution in [1.82, 2.24) is 0 Å². The average Bonchev–Trinajstić information content (AvgIpc) is 2.83. The lowest BCUT2D eigenvalue weighted by molar-refractivity contribution is -0.114. The Labute approximate surface area is 203 Å². The predicted molar refractivity (Wildman–Crippen MR) is 130 cm³/mol. The quantitative estimate of drug-likeness (QED) is 0.461. The van der Waals surface area contributed by atoms with Crippen molar-refractivity contribution >= 4 is 44.9 Å². The number of aryl methyl sites for hydroxylation is 1. The maximum atomic E-state index is 13.5. The number of carbonyl (C=O) groups excluding carboxylic acids is 2. The highest BCUT2D eigenvalue weighted by atomic mass is 35.5. The Morgan fingerprint density at radius 1 is 1.00 bits per heavy atom. The molecule has 0 saturated heterocycles. The number of anilines is 2. The molecule has 0 fully saturated rings. The Balaban J connectivity index is 1.97. The molecule has 0 bridgehead atoms. The zero-order chi connectivity index (χ0) is 24.9. The summed E-state index contributed by atoms with van der Waals surface area (Å²) in [6.45, 7) is 1.29. The van der Waals surface area contributed by atoms with Crippen molar-refractivity contribution in [1.29, 1.82) is 0 Å². The Kier molecular flexibility index (Phi) is 7.80. The number of amides is 1. The molecule has 8 nitrogen and oxygen atoms in total. The maximum Gasteiger partial charge on any atom is 0.337 e. The molecule has 0 aliphatic heterocycles. The van der Waals surface area contributed by atoms with Gasteiger partial charge in [-0.25, -0.2) is 13.2 Å². The Bertz CT molecular complexity index is 1310. The van der Waals surface area contributed by atoms with Crippen LogP contribution in [0.3, 0.4) is 0 Å². The molecule has 0 aromatic heterocycles. The molecule has 0 aliphatic carbocycles. The van der Waals surface area contributed by atoms with E-state index in [0.29, 0.717) is 5.75 Å². The zero-order valence-corrected chi connectivity index (χ0v) is 20.3. The summed E-state index contributed by atoms with van der Waals surface area (Å²) in [5.41, 5.74) is 1.46. The van der Waals surface area contributed by atoms with Crippen molar-refractivity contribution in [2.45, 2.75) is 11.8 Å². The molecule has 1 amide bonds. The lowest BCUT2D eigenvalue weighted by atomic mass is 10.2. The van der Waals surface area contributed by atoms with Gasteiger partial charge in [-0.1, -0.05) is 35.4 Å². The molecule has 3 aromatic carbocycles. The van der Waals surface area contributed by atoms with Gasteiger partial charge < -0.3 is 14.8 Å². The van der Waals surface area contributed by atoms with Crippen LogP contribution in [-0.4, -0.2) is 41.1 Å².